The van der Waals surface area contributed by atoms with Crippen LogP contribution in [0.5, 0.6) is 0 Å². The van der Waals surface area contributed by atoms with Gasteiger partial charge in [0, 0.05) is 75.2 Å². The van der Waals surface area contributed by atoms with Crippen LogP contribution in [0.2, 0.25) is 0 Å². The maximum Gasteiger partial charge on any atom is 0.332 e. The molecule has 0 radical (unpaired) electrons. The molecule has 4 aliphatic heterocycles. The van der Waals surface area contributed by atoms with Gasteiger partial charge < -0.3 is 19.5 Å². The smallest absolute Gasteiger partial charge is 0.332 e. The summed E-state index contributed by atoms with van der Waals surface area (Å²) in [7, 11) is 2.00. The van der Waals surface area contributed by atoms with Gasteiger partial charge in [0.2, 0.25) is 0 Å². The fraction of sp³-hybridized carbons (Fsp3) is 0.375. The Morgan fingerprint density at radius 3 is 1.88 bits per heavy atom. The lowest BCUT2D eigenvalue weighted by molar-refractivity contribution is -0.197. The van der Waals surface area contributed by atoms with E-state index >= 15 is 0 Å². The minimum Gasteiger partial charge on any atom is -0.354 e. The van der Waals surface area contributed by atoms with Crippen LogP contribution in [0.25, 0.3) is 0 Å². The number of hydroxylamine groups is 2. The van der Waals surface area contributed by atoms with Crippen molar-refractivity contribution in [2.45, 2.75) is 40.5 Å². The first kappa shape index (κ1) is 24.7. The third-order valence-electron chi connectivity index (χ3n) is 4.61. The van der Waals surface area contributed by atoms with Crippen molar-refractivity contribution in [3.8, 4) is 0 Å². The predicted octanol–water partition coefficient (Wildman–Crippen LogP) is 3.73. The quantitative estimate of drug-likeness (QED) is 0.661. The van der Waals surface area contributed by atoms with Crippen molar-refractivity contribution in [1.29, 1.82) is 0 Å². The molecule has 1 fully saturated rings. The summed E-state index contributed by atoms with van der Waals surface area (Å²) < 4.78 is 0. The Kier molecular flexibility index (Phi) is 9.07. The van der Waals surface area contributed by atoms with Gasteiger partial charge in [0.1, 0.15) is 0 Å². The van der Waals surface area contributed by atoms with Crippen molar-refractivity contribution in [3.05, 3.63) is 67.0 Å². The van der Waals surface area contributed by atoms with Crippen LogP contribution in [-0.4, -0.2) is 46.2 Å². The summed E-state index contributed by atoms with van der Waals surface area (Å²) >= 11 is 0. The number of benzene rings is 1. The van der Waals surface area contributed by atoms with Crippen LogP contribution in [0, 0.1) is 12.8 Å². The highest BCUT2D eigenvalue weighted by Gasteiger charge is 2.38. The largest absolute Gasteiger partial charge is 0.354 e. The Labute approximate surface area is 190 Å². The van der Waals surface area contributed by atoms with E-state index in [0.29, 0.717) is 5.06 Å². The zero-order chi connectivity index (χ0) is 23.7. The van der Waals surface area contributed by atoms with Gasteiger partial charge in [-0.25, -0.2) is 4.79 Å². The van der Waals surface area contributed by atoms with Crippen LogP contribution in [0.4, 0.5) is 5.69 Å². The minimum atomic E-state index is -0.573. The lowest BCUT2D eigenvalue weighted by Gasteiger charge is -2.11. The van der Waals surface area contributed by atoms with E-state index < -0.39 is 17.8 Å². The van der Waals surface area contributed by atoms with E-state index in [4.69, 9.17) is 0 Å². The van der Waals surface area contributed by atoms with E-state index in [1.165, 1.54) is 11.3 Å². The third-order valence-corrected chi connectivity index (χ3v) is 4.61. The van der Waals surface area contributed by atoms with Gasteiger partial charge in [-0.15, -0.1) is 5.06 Å². The normalized spacial score (nSPS) is 18.2. The molecule has 8 nitrogen and oxygen atoms in total. The van der Waals surface area contributed by atoms with Gasteiger partial charge in [0.15, 0.2) is 0 Å². The Balaban J connectivity index is 0.000000166. The van der Waals surface area contributed by atoms with Gasteiger partial charge in [-0.05, 0) is 26.0 Å². The lowest BCUT2D eigenvalue weighted by Crippen LogP contribution is -2.32. The van der Waals surface area contributed by atoms with E-state index in [0.717, 1.165) is 6.54 Å². The fourth-order valence-electron chi connectivity index (χ4n) is 2.26. The summed E-state index contributed by atoms with van der Waals surface area (Å²) in [6.45, 7) is 8.58. The number of aryl methyl sites for hydroxylation is 1. The molecule has 0 N–H and O–H groups in total. The van der Waals surface area contributed by atoms with Crippen molar-refractivity contribution >= 4 is 23.5 Å². The second-order valence-corrected chi connectivity index (χ2v) is 7.58. The van der Waals surface area contributed by atoms with E-state index in [2.05, 4.69) is 65.2 Å². The van der Waals surface area contributed by atoms with Crippen LogP contribution in [0.3, 0.4) is 0 Å². The SMILES string of the molecule is CCC(=O)ON1C(=O)CC(C)C1=O.CCN1C=C1.CN1C=C1.Cc1ccc(N2C=C2)cc1. The number of hydrogen-bond donors (Lipinski definition) is 0. The number of nitrogens with zero attached hydrogens (tertiary/aromatic N) is 4. The van der Waals surface area contributed by atoms with E-state index in [1.54, 1.807) is 13.8 Å². The maximum atomic E-state index is 11.2. The number of carbonyl (C=O) groups excluding carboxylic acids is 3. The standard InChI is InChI=1S/C9H9N.C8H11NO4.C4H7N.C3H5N/c1-8-2-4-9(5-3-8)10-6-7-10;1-3-7(11)13-9-6(10)4-5(2)8(9)12;1-2-5-3-4-5;1-4-2-3-4/h2-7H,1H3;5H,3-4H2,1-2H3;3-4H,2H2,1H3;2-3H,1H3. The van der Waals surface area contributed by atoms with Crippen molar-refractivity contribution in [1.82, 2.24) is 14.9 Å². The van der Waals surface area contributed by atoms with Crippen LogP contribution >= 0.6 is 0 Å². The Morgan fingerprint density at radius 2 is 1.56 bits per heavy atom. The van der Waals surface area contributed by atoms with E-state index in [1.807, 2.05) is 36.7 Å². The second kappa shape index (κ2) is 11.7. The van der Waals surface area contributed by atoms with Gasteiger partial charge in [-0.2, -0.15) is 0 Å². The molecule has 5 rings (SSSR count). The summed E-state index contributed by atoms with van der Waals surface area (Å²) in [4.78, 5) is 43.8. The topological polar surface area (TPSA) is 72.7 Å². The predicted molar refractivity (Wildman–Crippen MR) is 123 cm³/mol. The maximum absolute atomic E-state index is 11.2. The van der Waals surface area contributed by atoms with Crippen LogP contribution < -0.4 is 4.90 Å². The number of carbonyl (C=O) groups is 3. The molecule has 0 bridgehead atoms. The molecule has 1 aromatic rings. The average Bonchev–Trinajstić information content (AvgIpc) is 3.64. The number of amides is 2. The van der Waals surface area contributed by atoms with Crippen LogP contribution in [0.15, 0.2) is 61.5 Å². The van der Waals surface area contributed by atoms with Crippen LogP contribution in [0.1, 0.15) is 39.2 Å². The number of anilines is 1. The van der Waals surface area contributed by atoms with Gasteiger partial charge in [0.05, 0.1) is 0 Å². The van der Waals surface area contributed by atoms with Gasteiger partial charge >= 0.3 is 5.97 Å². The summed E-state index contributed by atoms with van der Waals surface area (Å²) in [6, 6.07) is 8.48. The molecule has 1 atom stereocenters. The number of hydrogen-bond acceptors (Lipinski definition) is 7. The Hall–Kier alpha value is -3.55. The Morgan fingerprint density at radius 1 is 1.00 bits per heavy atom. The number of rotatable bonds is 4. The molecule has 172 valence electrons. The first-order valence-electron chi connectivity index (χ1n) is 10.7. The second-order valence-electron chi connectivity index (χ2n) is 7.58. The molecule has 32 heavy (non-hydrogen) atoms. The molecule has 2 amide bonds. The van der Waals surface area contributed by atoms with E-state index in [-0.39, 0.29) is 18.8 Å². The molecular formula is C24H32N4O4. The highest BCUT2D eigenvalue weighted by atomic mass is 16.7. The van der Waals surface area contributed by atoms with Crippen molar-refractivity contribution in [2.75, 3.05) is 18.5 Å². The van der Waals surface area contributed by atoms with Crippen molar-refractivity contribution in [2.24, 2.45) is 5.92 Å². The van der Waals surface area contributed by atoms with Gasteiger partial charge in [-0.1, -0.05) is 31.5 Å². The average molecular weight is 441 g/mol. The molecular weight excluding hydrogens is 408 g/mol. The summed E-state index contributed by atoms with van der Waals surface area (Å²) in [5.41, 5.74) is 2.57. The molecule has 0 aromatic heterocycles. The fourth-order valence-corrected chi connectivity index (χ4v) is 2.26. The number of imide groups is 1. The summed E-state index contributed by atoms with van der Waals surface area (Å²) in [6.07, 6.45) is 12.5. The molecule has 0 saturated carbocycles. The molecule has 1 unspecified atom stereocenters. The zero-order valence-electron chi connectivity index (χ0n) is 19.4. The monoisotopic (exact) mass is 440 g/mol. The molecule has 0 spiro atoms. The van der Waals surface area contributed by atoms with Gasteiger partial charge in [-0.3, -0.25) is 9.59 Å². The summed E-state index contributed by atoms with van der Waals surface area (Å²) in [5.74, 6) is -1.83. The van der Waals surface area contributed by atoms with E-state index in [9.17, 15) is 14.4 Å². The van der Waals surface area contributed by atoms with Crippen molar-refractivity contribution in [3.63, 3.8) is 0 Å². The Bertz CT molecular complexity index is 874. The molecule has 1 saturated heterocycles. The third kappa shape index (κ3) is 9.07. The molecule has 1 aromatic carbocycles. The first-order valence-corrected chi connectivity index (χ1v) is 10.7. The lowest BCUT2D eigenvalue weighted by atomic mass is 10.1. The molecule has 4 heterocycles. The highest BCUT2D eigenvalue weighted by molar-refractivity contribution is 6.02. The summed E-state index contributed by atoms with van der Waals surface area (Å²) in [5, 5.41) is 0.566. The molecule has 8 heteroatoms. The minimum absolute atomic E-state index is 0.121. The van der Waals surface area contributed by atoms with Crippen LogP contribution in [-0.2, 0) is 19.2 Å². The van der Waals surface area contributed by atoms with Crippen molar-refractivity contribution < 1.29 is 19.2 Å². The first-order chi connectivity index (χ1) is 15.2. The molecule has 0 aliphatic carbocycles. The van der Waals surface area contributed by atoms with Gasteiger partial charge in [0.25, 0.3) is 11.8 Å². The zero-order valence-corrected chi connectivity index (χ0v) is 19.4. The highest BCUT2D eigenvalue weighted by Crippen LogP contribution is 2.22. The molecule has 4 aliphatic rings.